The lowest BCUT2D eigenvalue weighted by molar-refractivity contribution is -0.139. The summed E-state index contributed by atoms with van der Waals surface area (Å²) < 4.78 is 0. The van der Waals surface area contributed by atoms with Gasteiger partial charge in [-0.25, -0.2) is 0 Å². The molecule has 0 saturated carbocycles. The Kier molecular flexibility index (Phi) is 4.62. The van der Waals surface area contributed by atoms with E-state index >= 15 is 0 Å². The molecule has 2 heterocycles. The number of carboxylic acids is 1. The first kappa shape index (κ1) is 13.8. The van der Waals surface area contributed by atoms with Crippen LogP contribution in [0.4, 0.5) is 0 Å². The summed E-state index contributed by atoms with van der Waals surface area (Å²) in [5.74, 6) is -0.251. The summed E-state index contributed by atoms with van der Waals surface area (Å²) in [5, 5.41) is 8.76. The van der Waals surface area contributed by atoms with E-state index in [1.54, 1.807) is 0 Å². The average Bonchev–Trinajstić information content (AvgIpc) is 2.47. The molecule has 0 spiro atoms. The van der Waals surface area contributed by atoms with Crippen LogP contribution in [-0.4, -0.2) is 59.1 Å². The Bertz CT molecular complexity index is 288. The van der Waals surface area contributed by atoms with E-state index in [4.69, 9.17) is 5.11 Å². The minimum atomic E-state index is -0.647. The van der Waals surface area contributed by atoms with E-state index in [2.05, 4.69) is 23.6 Å². The summed E-state index contributed by atoms with van der Waals surface area (Å²) in [6.07, 6.45) is 4.16. The van der Waals surface area contributed by atoms with Gasteiger partial charge in [-0.1, -0.05) is 0 Å². The van der Waals surface area contributed by atoms with Gasteiger partial charge in [0.05, 0.1) is 6.42 Å². The highest BCUT2D eigenvalue weighted by Crippen LogP contribution is 2.27. The molecule has 1 N–H and O–H groups in total. The maximum Gasteiger partial charge on any atom is 0.303 e. The number of hydrogen-bond acceptors (Lipinski definition) is 3. The Labute approximate surface area is 110 Å². The second kappa shape index (κ2) is 6.02. The molecule has 4 nitrogen and oxygen atoms in total. The fourth-order valence-corrected chi connectivity index (χ4v) is 3.27. The minimum Gasteiger partial charge on any atom is -0.481 e. The highest BCUT2D eigenvalue weighted by molar-refractivity contribution is 5.67. The molecule has 1 atom stereocenters. The van der Waals surface area contributed by atoms with Gasteiger partial charge in [-0.3, -0.25) is 9.69 Å². The predicted molar refractivity (Wildman–Crippen MR) is 71.7 cm³/mol. The number of aliphatic carboxylic acids is 1. The molecule has 0 radical (unpaired) electrons. The molecule has 104 valence electrons. The Morgan fingerprint density at radius 2 is 2.00 bits per heavy atom. The van der Waals surface area contributed by atoms with E-state index in [-0.39, 0.29) is 0 Å². The van der Waals surface area contributed by atoms with Crippen molar-refractivity contribution in [2.24, 2.45) is 5.92 Å². The first-order chi connectivity index (χ1) is 8.56. The van der Waals surface area contributed by atoms with Crippen LogP contribution < -0.4 is 0 Å². The number of carbonyl (C=O) groups is 1. The van der Waals surface area contributed by atoms with Crippen molar-refractivity contribution in [3.05, 3.63) is 0 Å². The van der Waals surface area contributed by atoms with E-state index in [1.807, 2.05) is 0 Å². The standard InChI is InChI=1S/C14H26N2O2/c1-11(2)15-6-3-4-13(5-7-15)16-9-12(10-16)8-14(17)18/h11-13H,3-10H2,1-2H3,(H,17,18). The zero-order valence-electron chi connectivity index (χ0n) is 11.6. The summed E-state index contributed by atoms with van der Waals surface area (Å²) in [4.78, 5) is 15.7. The number of hydrogen-bond donors (Lipinski definition) is 1. The van der Waals surface area contributed by atoms with E-state index in [9.17, 15) is 4.79 Å². The van der Waals surface area contributed by atoms with Crippen molar-refractivity contribution in [1.82, 2.24) is 9.80 Å². The van der Waals surface area contributed by atoms with Gasteiger partial charge in [-0.05, 0) is 52.1 Å². The van der Waals surface area contributed by atoms with Crippen molar-refractivity contribution in [2.75, 3.05) is 26.2 Å². The number of rotatable bonds is 4. The van der Waals surface area contributed by atoms with Gasteiger partial charge in [0.2, 0.25) is 0 Å². The Morgan fingerprint density at radius 1 is 1.28 bits per heavy atom. The minimum absolute atomic E-state index is 0.349. The maximum atomic E-state index is 10.6. The molecule has 2 aliphatic rings. The molecule has 0 aliphatic carbocycles. The highest BCUT2D eigenvalue weighted by Gasteiger charge is 2.34. The van der Waals surface area contributed by atoms with Crippen molar-refractivity contribution < 1.29 is 9.90 Å². The Morgan fingerprint density at radius 3 is 2.61 bits per heavy atom. The molecule has 0 bridgehead atoms. The molecule has 0 aromatic carbocycles. The topological polar surface area (TPSA) is 43.8 Å². The first-order valence-electron chi connectivity index (χ1n) is 7.26. The van der Waals surface area contributed by atoms with Crippen molar-refractivity contribution in [2.45, 2.75) is 51.6 Å². The second-order valence-corrected chi connectivity index (χ2v) is 6.13. The largest absolute Gasteiger partial charge is 0.481 e. The monoisotopic (exact) mass is 254 g/mol. The van der Waals surface area contributed by atoms with E-state index in [0.717, 1.165) is 13.1 Å². The first-order valence-corrected chi connectivity index (χ1v) is 7.26. The molecule has 2 saturated heterocycles. The van der Waals surface area contributed by atoms with Gasteiger partial charge < -0.3 is 10.0 Å². The molecular formula is C14H26N2O2. The van der Waals surface area contributed by atoms with E-state index in [1.165, 1.54) is 32.4 Å². The van der Waals surface area contributed by atoms with Crippen LogP contribution >= 0.6 is 0 Å². The highest BCUT2D eigenvalue weighted by atomic mass is 16.4. The molecule has 2 aliphatic heterocycles. The van der Waals surface area contributed by atoms with Crippen molar-refractivity contribution in [3.63, 3.8) is 0 Å². The summed E-state index contributed by atoms with van der Waals surface area (Å²) in [6, 6.07) is 1.35. The Balaban J connectivity index is 1.73. The van der Waals surface area contributed by atoms with Crippen LogP contribution in [0.1, 0.15) is 39.5 Å². The van der Waals surface area contributed by atoms with Crippen LogP contribution in [0.5, 0.6) is 0 Å². The van der Waals surface area contributed by atoms with Crippen LogP contribution in [0, 0.1) is 5.92 Å². The molecule has 0 aromatic rings. The van der Waals surface area contributed by atoms with Crippen molar-refractivity contribution in [1.29, 1.82) is 0 Å². The van der Waals surface area contributed by atoms with Gasteiger partial charge in [0.15, 0.2) is 0 Å². The fourth-order valence-electron chi connectivity index (χ4n) is 3.27. The summed E-state index contributed by atoms with van der Waals surface area (Å²) in [5.41, 5.74) is 0. The SMILES string of the molecule is CC(C)N1CCCC(N2CC(CC(=O)O)C2)CC1. The van der Waals surface area contributed by atoms with Gasteiger partial charge in [-0.15, -0.1) is 0 Å². The van der Waals surface area contributed by atoms with Gasteiger partial charge in [0.1, 0.15) is 0 Å². The molecule has 4 heteroatoms. The smallest absolute Gasteiger partial charge is 0.303 e. The number of carboxylic acid groups (broad SMARTS) is 1. The molecule has 0 amide bonds. The zero-order chi connectivity index (χ0) is 13.1. The third-order valence-corrected chi connectivity index (χ3v) is 4.43. The summed E-state index contributed by atoms with van der Waals surface area (Å²) in [6.45, 7) is 8.96. The third-order valence-electron chi connectivity index (χ3n) is 4.43. The molecule has 18 heavy (non-hydrogen) atoms. The lowest BCUT2D eigenvalue weighted by Crippen LogP contribution is -2.52. The van der Waals surface area contributed by atoms with E-state index < -0.39 is 5.97 Å². The van der Waals surface area contributed by atoms with E-state index in [0.29, 0.717) is 24.4 Å². The van der Waals surface area contributed by atoms with Crippen molar-refractivity contribution in [3.8, 4) is 0 Å². The second-order valence-electron chi connectivity index (χ2n) is 6.13. The summed E-state index contributed by atoms with van der Waals surface area (Å²) in [7, 11) is 0. The van der Waals surface area contributed by atoms with Crippen LogP contribution in [0.15, 0.2) is 0 Å². The number of nitrogens with zero attached hydrogens (tertiary/aromatic N) is 2. The lowest BCUT2D eigenvalue weighted by Gasteiger charge is -2.44. The lowest BCUT2D eigenvalue weighted by atomic mass is 9.92. The maximum absolute atomic E-state index is 10.6. The zero-order valence-corrected chi connectivity index (χ0v) is 11.6. The third kappa shape index (κ3) is 3.45. The fraction of sp³-hybridized carbons (Fsp3) is 0.929. The van der Waals surface area contributed by atoms with Gasteiger partial charge >= 0.3 is 5.97 Å². The van der Waals surface area contributed by atoms with Crippen molar-refractivity contribution >= 4 is 5.97 Å². The van der Waals surface area contributed by atoms with Gasteiger partial charge in [0, 0.05) is 25.2 Å². The molecular weight excluding hydrogens is 228 g/mol. The molecule has 2 rings (SSSR count). The number of likely N-dealkylation sites (tertiary alicyclic amines) is 2. The van der Waals surface area contributed by atoms with Gasteiger partial charge in [0.25, 0.3) is 0 Å². The average molecular weight is 254 g/mol. The van der Waals surface area contributed by atoms with Crippen LogP contribution in [-0.2, 0) is 4.79 Å². The quantitative estimate of drug-likeness (QED) is 0.828. The van der Waals surface area contributed by atoms with Crippen LogP contribution in [0.3, 0.4) is 0 Å². The molecule has 0 aromatic heterocycles. The van der Waals surface area contributed by atoms with Crippen LogP contribution in [0.25, 0.3) is 0 Å². The predicted octanol–water partition coefficient (Wildman–Crippen LogP) is 1.66. The summed E-state index contributed by atoms with van der Waals surface area (Å²) >= 11 is 0. The Hall–Kier alpha value is -0.610. The normalized spacial score (nSPS) is 28.1. The molecule has 1 unspecified atom stereocenters. The van der Waals surface area contributed by atoms with Crippen LogP contribution in [0.2, 0.25) is 0 Å². The van der Waals surface area contributed by atoms with Gasteiger partial charge in [-0.2, -0.15) is 0 Å². The molecule has 2 fully saturated rings.